The van der Waals surface area contributed by atoms with Crippen LogP contribution in [-0.4, -0.2) is 0 Å². The molecule has 0 aromatic heterocycles. The molecule has 0 aliphatic rings. The molecule has 0 amide bonds. The van der Waals surface area contributed by atoms with Gasteiger partial charge in [0.15, 0.2) is 0 Å². The van der Waals surface area contributed by atoms with Gasteiger partial charge in [0.1, 0.15) is 0 Å². The second-order valence-corrected chi connectivity index (χ2v) is 7.00. The number of unbranched alkanes of at least 4 members (excludes halogenated alkanes) is 16. The highest BCUT2D eigenvalue weighted by molar-refractivity contribution is 4.81. The molecule has 0 unspecified atom stereocenters. The van der Waals surface area contributed by atoms with E-state index >= 15 is 0 Å². The Hall–Kier alpha value is -0.260. The molecule has 22 heavy (non-hydrogen) atoms. The van der Waals surface area contributed by atoms with E-state index in [4.69, 9.17) is 0 Å². The third-order valence-electron chi connectivity index (χ3n) is 4.62. The topological polar surface area (TPSA) is 0 Å². The van der Waals surface area contributed by atoms with Crippen LogP contribution in [0.15, 0.2) is 12.2 Å². The standard InChI is InChI=1S/C22H44/c1-3-5-7-9-11-13-15-17-19-21-22-20-18-16-14-12-10-8-6-4-2/h19,21H,3-18,20,22H2,1-2H3. The Bertz CT molecular complexity index is 204. The van der Waals surface area contributed by atoms with Gasteiger partial charge >= 0.3 is 0 Å². The van der Waals surface area contributed by atoms with Gasteiger partial charge in [0, 0.05) is 0 Å². The Kier molecular flexibility index (Phi) is 20.5. The first-order valence-electron chi connectivity index (χ1n) is 10.6. The van der Waals surface area contributed by atoms with Crippen LogP contribution in [-0.2, 0) is 0 Å². The van der Waals surface area contributed by atoms with Crippen molar-refractivity contribution in [3.63, 3.8) is 0 Å². The zero-order valence-electron chi connectivity index (χ0n) is 15.9. The lowest BCUT2D eigenvalue weighted by molar-refractivity contribution is 0.566. The predicted octanol–water partition coefficient (Wildman–Crippen LogP) is 8.60. The molecule has 132 valence electrons. The molecular formula is C22H44. The van der Waals surface area contributed by atoms with Crippen LogP contribution >= 0.6 is 0 Å². The first-order valence-corrected chi connectivity index (χ1v) is 10.6. The van der Waals surface area contributed by atoms with Crippen molar-refractivity contribution in [2.45, 2.75) is 129 Å². The van der Waals surface area contributed by atoms with E-state index in [1.54, 1.807) is 0 Å². The maximum atomic E-state index is 2.43. The molecule has 0 aromatic rings. The fraction of sp³-hybridized carbons (Fsp3) is 0.909. The van der Waals surface area contributed by atoms with Crippen molar-refractivity contribution in [1.29, 1.82) is 0 Å². The quantitative estimate of drug-likeness (QED) is 0.176. The van der Waals surface area contributed by atoms with Gasteiger partial charge in [0.05, 0.1) is 0 Å². The fourth-order valence-corrected chi connectivity index (χ4v) is 3.03. The number of hydrogen-bond donors (Lipinski definition) is 0. The SMILES string of the molecule is CCCCCCCCCC=CCCCCCCCCCCC. The average molecular weight is 309 g/mol. The molecule has 0 fully saturated rings. The Morgan fingerprint density at radius 3 is 0.955 bits per heavy atom. The summed E-state index contributed by atoms with van der Waals surface area (Å²) in [5.74, 6) is 0. The van der Waals surface area contributed by atoms with E-state index in [0.717, 1.165) is 0 Å². The molecule has 0 aliphatic heterocycles. The van der Waals surface area contributed by atoms with Crippen LogP contribution in [0.3, 0.4) is 0 Å². The van der Waals surface area contributed by atoms with Gasteiger partial charge in [-0.15, -0.1) is 0 Å². The lowest BCUT2D eigenvalue weighted by atomic mass is 10.1. The molecule has 0 aliphatic carbocycles. The van der Waals surface area contributed by atoms with E-state index in [-0.39, 0.29) is 0 Å². The fourth-order valence-electron chi connectivity index (χ4n) is 3.03. The van der Waals surface area contributed by atoms with Crippen LogP contribution in [0, 0.1) is 0 Å². The van der Waals surface area contributed by atoms with E-state index in [9.17, 15) is 0 Å². The molecule has 0 saturated heterocycles. The maximum Gasteiger partial charge on any atom is -0.0351 e. The molecule has 0 radical (unpaired) electrons. The zero-order chi connectivity index (χ0) is 16.1. The Labute approximate surface area is 142 Å². The predicted molar refractivity (Wildman–Crippen MR) is 104 cm³/mol. The molecule has 0 bridgehead atoms. The minimum absolute atomic E-state index is 1.31. The van der Waals surface area contributed by atoms with Crippen molar-refractivity contribution in [3.05, 3.63) is 12.2 Å². The summed E-state index contributed by atoms with van der Waals surface area (Å²) in [4.78, 5) is 0. The first-order chi connectivity index (χ1) is 10.9. The highest BCUT2D eigenvalue weighted by atomic mass is 14.0. The highest BCUT2D eigenvalue weighted by Crippen LogP contribution is 2.11. The van der Waals surface area contributed by atoms with Crippen molar-refractivity contribution in [3.8, 4) is 0 Å². The van der Waals surface area contributed by atoms with Gasteiger partial charge in [-0.2, -0.15) is 0 Å². The van der Waals surface area contributed by atoms with E-state index in [1.807, 2.05) is 0 Å². The molecule has 0 spiro atoms. The smallest absolute Gasteiger partial charge is 0.0351 e. The molecular weight excluding hydrogens is 264 g/mol. The Balaban J connectivity index is 3.02. The molecule has 0 N–H and O–H groups in total. The minimum Gasteiger partial charge on any atom is -0.0885 e. The van der Waals surface area contributed by atoms with Gasteiger partial charge in [-0.3, -0.25) is 0 Å². The lowest BCUT2D eigenvalue weighted by Crippen LogP contribution is -1.81. The van der Waals surface area contributed by atoms with Crippen LogP contribution in [0.2, 0.25) is 0 Å². The number of rotatable bonds is 18. The van der Waals surface area contributed by atoms with E-state index in [0.29, 0.717) is 0 Å². The van der Waals surface area contributed by atoms with Crippen molar-refractivity contribution in [1.82, 2.24) is 0 Å². The number of hydrogen-bond acceptors (Lipinski definition) is 0. The van der Waals surface area contributed by atoms with Gasteiger partial charge in [-0.1, -0.05) is 116 Å². The third kappa shape index (κ3) is 19.7. The van der Waals surface area contributed by atoms with E-state index in [2.05, 4.69) is 26.0 Å². The molecule has 0 nitrogen and oxygen atoms in total. The molecule has 0 heteroatoms. The summed E-state index contributed by atoms with van der Waals surface area (Å²) < 4.78 is 0. The number of allylic oxidation sites excluding steroid dienone is 2. The van der Waals surface area contributed by atoms with Crippen molar-refractivity contribution < 1.29 is 0 Å². The van der Waals surface area contributed by atoms with Gasteiger partial charge in [0.25, 0.3) is 0 Å². The molecule has 0 atom stereocenters. The summed E-state index contributed by atoms with van der Waals surface area (Å²) in [5.41, 5.74) is 0. The summed E-state index contributed by atoms with van der Waals surface area (Å²) in [6, 6.07) is 0. The zero-order valence-corrected chi connectivity index (χ0v) is 15.9. The molecule has 0 saturated carbocycles. The van der Waals surface area contributed by atoms with Crippen LogP contribution in [0.1, 0.15) is 129 Å². The molecule has 0 rings (SSSR count). The summed E-state index contributed by atoms with van der Waals surface area (Å²) >= 11 is 0. The van der Waals surface area contributed by atoms with E-state index in [1.165, 1.54) is 116 Å². The van der Waals surface area contributed by atoms with Gasteiger partial charge in [0.2, 0.25) is 0 Å². The first kappa shape index (κ1) is 21.7. The summed E-state index contributed by atoms with van der Waals surface area (Å²) in [6.45, 7) is 4.58. The Morgan fingerprint density at radius 2 is 0.636 bits per heavy atom. The van der Waals surface area contributed by atoms with Crippen LogP contribution in [0.4, 0.5) is 0 Å². The van der Waals surface area contributed by atoms with Crippen LogP contribution in [0.5, 0.6) is 0 Å². The van der Waals surface area contributed by atoms with Gasteiger partial charge in [-0.05, 0) is 25.7 Å². The largest absolute Gasteiger partial charge is 0.0885 e. The average Bonchev–Trinajstić information content (AvgIpc) is 2.54. The van der Waals surface area contributed by atoms with Crippen LogP contribution < -0.4 is 0 Å². The molecule has 0 aromatic carbocycles. The summed E-state index contributed by atoms with van der Waals surface area (Å²) in [7, 11) is 0. The monoisotopic (exact) mass is 308 g/mol. The third-order valence-corrected chi connectivity index (χ3v) is 4.62. The summed E-state index contributed by atoms with van der Waals surface area (Å²) in [6.07, 6.45) is 30.4. The minimum atomic E-state index is 1.31. The second kappa shape index (κ2) is 20.7. The normalized spacial score (nSPS) is 11.5. The lowest BCUT2D eigenvalue weighted by Gasteiger charge is -2.01. The maximum absolute atomic E-state index is 2.43. The molecule has 0 heterocycles. The van der Waals surface area contributed by atoms with Crippen LogP contribution in [0.25, 0.3) is 0 Å². The van der Waals surface area contributed by atoms with Crippen molar-refractivity contribution in [2.75, 3.05) is 0 Å². The van der Waals surface area contributed by atoms with Crippen molar-refractivity contribution >= 4 is 0 Å². The highest BCUT2D eigenvalue weighted by Gasteiger charge is 1.92. The second-order valence-electron chi connectivity index (χ2n) is 7.00. The van der Waals surface area contributed by atoms with Crippen molar-refractivity contribution in [2.24, 2.45) is 0 Å². The Morgan fingerprint density at radius 1 is 0.364 bits per heavy atom. The van der Waals surface area contributed by atoms with Gasteiger partial charge in [-0.25, -0.2) is 0 Å². The summed E-state index contributed by atoms with van der Waals surface area (Å²) in [5, 5.41) is 0. The van der Waals surface area contributed by atoms with Gasteiger partial charge < -0.3 is 0 Å². The van der Waals surface area contributed by atoms with E-state index < -0.39 is 0 Å².